The number of piperidine rings is 1. The van der Waals surface area contributed by atoms with Crippen molar-refractivity contribution in [2.75, 3.05) is 23.7 Å². The molecule has 2 aromatic rings. The zero-order valence-electron chi connectivity index (χ0n) is 10.5. The van der Waals surface area contributed by atoms with Crippen molar-refractivity contribution in [1.29, 1.82) is 0 Å². The minimum absolute atomic E-state index is 0.529. The van der Waals surface area contributed by atoms with E-state index < -0.39 is 0 Å². The first-order valence-corrected chi connectivity index (χ1v) is 7.17. The summed E-state index contributed by atoms with van der Waals surface area (Å²) in [6, 6.07) is 5.60. The van der Waals surface area contributed by atoms with E-state index in [2.05, 4.69) is 31.0 Å². The molecule has 2 N–H and O–H groups in total. The largest absolute Gasteiger partial charge is 0.398 e. The SMILES string of the molecule is Nc1ccc(-c2nc(N3CCCCC3)no2)cc1Br. The number of benzene rings is 1. The van der Waals surface area contributed by atoms with Gasteiger partial charge in [-0.15, -0.1) is 0 Å². The summed E-state index contributed by atoms with van der Waals surface area (Å²) in [5, 5.41) is 4.06. The third-order valence-corrected chi connectivity index (χ3v) is 3.99. The molecular formula is C13H15BrN4O. The quantitative estimate of drug-likeness (QED) is 0.860. The van der Waals surface area contributed by atoms with Gasteiger partial charge in [0, 0.05) is 28.8 Å². The minimum atomic E-state index is 0.529. The van der Waals surface area contributed by atoms with Crippen LogP contribution in [0.2, 0.25) is 0 Å². The summed E-state index contributed by atoms with van der Waals surface area (Å²) in [5.74, 6) is 1.21. The third-order valence-electron chi connectivity index (χ3n) is 3.30. The first kappa shape index (κ1) is 12.5. The highest BCUT2D eigenvalue weighted by Gasteiger charge is 2.17. The Labute approximate surface area is 119 Å². The summed E-state index contributed by atoms with van der Waals surface area (Å²) in [6.07, 6.45) is 3.67. The topological polar surface area (TPSA) is 68.2 Å². The van der Waals surface area contributed by atoms with Gasteiger partial charge in [0.15, 0.2) is 0 Å². The van der Waals surface area contributed by atoms with Crippen LogP contribution in [0, 0.1) is 0 Å². The minimum Gasteiger partial charge on any atom is -0.398 e. The Morgan fingerprint density at radius 2 is 2.00 bits per heavy atom. The second-order valence-corrected chi connectivity index (χ2v) is 5.54. The molecule has 3 rings (SSSR count). The van der Waals surface area contributed by atoms with Crippen LogP contribution in [-0.2, 0) is 0 Å². The van der Waals surface area contributed by atoms with E-state index in [-0.39, 0.29) is 0 Å². The fourth-order valence-corrected chi connectivity index (χ4v) is 2.59. The Morgan fingerprint density at radius 1 is 1.21 bits per heavy atom. The van der Waals surface area contributed by atoms with Gasteiger partial charge in [0.2, 0.25) is 0 Å². The summed E-state index contributed by atoms with van der Waals surface area (Å²) < 4.78 is 6.17. The van der Waals surface area contributed by atoms with E-state index in [9.17, 15) is 0 Å². The van der Waals surface area contributed by atoms with Gasteiger partial charge in [-0.1, -0.05) is 0 Å². The van der Waals surface area contributed by atoms with Crippen LogP contribution in [0.4, 0.5) is 11.6 Å². The molecule has 19 heavy (non-hydrogen) atoms. The maximum atomic E-state index is 5.77. The van der Waals surface area contributed by atoms with Crippen LogP contribution in [-0.4, -0.2) is 23.2 Å². The van der Waals surface area contributed by atoms with Crippen LogP contribution < -0.4 is 10.6 Å². The Kier molecular flexibility index (Phi) is 3.42. The predicted octanol–water partition coefficient (Wildman–Crippen LogP) is 3.07. The number of nitrogen functional groups attached to an aromatic ring is 1. The Bertz CT molecular complexity index is 578. The van der Waals surface area contributed by atoms with Gasteiger partial charge in [-0.25, -0.2) is 0 Å². The normalized spacial score (nSPS) is 15.7. The van der Waals surface area contributed by atoms with Crippen molar-refractivity contribution in [2.45, 2.75) is 19.3 Å². The molecule has 1 aromatic heterocycles. The second-order valence-electron chi connectivity index (χ2n) is 4.68. The first-order chi connectivity index (χ1) is 9.24. The van der Waals surface area contributed by atoms with E-state index in [0.29, 0.717) is 17.5 Å². The smallest absolute Gasteiger partial charge is 0.266 e. The summed E-state index contributed by atoms with van der Waals surface area (Å²) in [5.41, 5.74) is 7.33. The van der Waals surface area contributed by atoms with Crippen molar-refractivity contribution >= 4 is 27.6 Å². The molecule has 1 saturated heterocycles. The van der Waals surface area contributed by atoms with Crippen molar-refractivity contribution in [3.63, 3.8) is 0 Å². The highest BCUT2D eigenvalue weighted by Crippen LogP contribution is 2.27. The molecule has 0 unspecified atom stereocenters. The number of nitrogens with two attached hydrogens (primary N) is 1. The molecular weight excluding hydrogens is 308 g/mol. The van der Waals surface area contributed by atoms with Crippen molar-refractivity contribution in [3.05, 3.63) is 22.7 Å². The number of hydrogen-bond donors (Lipinski definition) is 1. The molecule has 100 valence electrons. The molecule has 5 nitrogen and oxygen atoms in total. The number of halogens is 1. The second kappa shape index (κ2) is 5.21. The summed E-state index contributed by atoms with van der Waals surface area (Å²) in [7, 11) is 0. The molecule has 0 bridgehead atoms. The molecule has 0 aliphatic carbocycles. The Morgan fingerprint density at radius 3 is 2.74 bits per heavy atom. The number of aromatic nitrogens is 2. The van der Waals surface area contributed by atoms with Gasteiger partial charge in [-0.05, 0) is 58.5 Å². The lowest BCUT2D eigenvalue weighted by molar-refractivity contribution is 0.426. The van der Waals surface area contributed by atoms with Gasteiger partial charge in [0.1, 0.15) is 0 Å². The maximum absolute atomic E-state index is 5.77. The van der Waals surface area contributed by atoms with Gasteiger partial charge in [0.05, 0.1) is 0 Å². The van der Waals surface area contributed by atoms with Crippen LogP contribution >= 0.6 is 15.9 Å². The molecule has 0 amide bonds. The first-order valence-electron chi connectivity index (χ1n) is 6.38. The van der Waals surface area contributed by atoms with Crippen molar-refractivity contribution in [1.82, 2.24) is 10.1 Å². The lowest BCUT2D eigenvalue weighted by Crippen LogP contribution is -2.30. The maximum Gasteiger partial charge on any atom is 0.266 e. The molecule has 1 aromatic carbocycles. The fraction of sp³-hybridized carbons (Fsp3) is 0.385. The summed E-state index contributed by atoms with van der Waals surface area (Å²) >= 11 is 3.40. The van der Waals surface area contributed by atoms with Crippen LogP contribution in [0.3, 0.4) is 0 Å². The molecule has 0 radical (unpaired) electrons. The third kappa shape index (κ3) is 2.58. The highest BCUT2D eigenvalue weighted by molar-refractivity contribution is 9.10. The van der Waals surface area contributed by atoms with E-state index in [4.69, 9.17) is 10.3 Å². The fourth-order valence-electron chi connectivity index (χ4n) is 2.22. The molecule has 2 heterocycles. The number of nitrogens with zero attached hydrogens (tertiary/aromatic N) is 3. The van der Waals surface area contributed by atoms with Crippen molar-refractivity contribution in [2.24, 2.45) is 0 Å². The zero-order valence-corrected chi connectivity index (χ0v) is 12.1. The van der Waals surface area contributed by atoms with Gasteiger partial charge < -0.3 is 15.2 Å². The summed E-state index contributed by atoms with van der Waals surface area (Å²) in [6.45, 7) is 2.01. The zero-order chi connectivity index (χ0) is 13.2. The molecule has 1 aliphatic heterocycles. The van der Waals surface area contributed by atoms with E-state index in [1.54, 1.807) is 0 Å². The van der Waals surface area contributed by atoms with E-state index >= 15 is 0 Å². The van der Waals surface area contributed by atoms with Crippen molar-refractivity contribution < 1.29 is 4.52 Å². The highest BCUT2D eigenvalue weighted by atomic mass is 79.9. The van der Waals surface area contributed by atoms with Gasteiger partial charge in [0.25, 0.3) is 11.8 Å². The molecule has 1 aliphatic rings. The predicted molar refractivity (Wildman–Crippen MR) is 77.9 cm³/mol. The van der Waals surface area contributed by atoms with Gasteiger partial charge >= 0.3 is 0 Å². The van der Waals surface area contributed by atoms with Crippen LogP contribution in [0.1, 0.15) is 19.3 Å². The van der Waals surface area contributed by atoms with E-state index in [1.807, 2.05) is 18.2 Å². The lowest BCUT2D eigenvalue weighted by atomic mass is 10.1. The molecule has 0 spiro atoms. The van der Waals surface area contributed by atoms with Crippen LogP contribution in [0.25, 0.3) is 11.5 Å². The number of anilines is 2. The summed E-state index contributed by atoms with van der Waals surface area (Å²) in [4.78, 5) is 6.63. The van der Waals surface area contributed by atoms with Crippen LogP contribution in [0.15, 0.2) is 27.2 Å². The van der Waals surface area contributed by atoms with Gasteiger partial charge in [-0.3, -0.25) is 0 Å². The Balaban J connectivity index is 1.85. The molecule has 0 atom stereocenters. The van der Waals surface area contributed by atoms with E-state index in [1.165, 1.54) is 19.3 Å². The van der Waals surface area contributed by atoms with E-state index in [0.717, 1.165) is 23.1 Å². The molecule has 0 saturated carbocycles. The molecule has 6 heteroatoms. The van der Waals surface area contributed by atoms with Gasteiger partial charge in [-0.2, -0.15) is 4.98 Å². The average molecular weight is 323 g/mol. The van der Waals surface area contributed by atoms with Crippen LogP contribution in [0.5, 0.6) is 0 Å². The number of hydrogen-bond acceptors (Lipinski definition) is 5. The Hall–Kier alpha value is -1.56. The standard InChI is InChI=1S/C13H15BrN4O/c14-10-8-9(4-5-11(10)15)12-16-13(17-19-12)18-6-2-1-3-7-18/h4-5,8H,1-3,6-7,15H2. The monoisotopic (exact) mass is 322 g/mol. The van der Waals surface area contributed by atoms with Crippen molar-refractivity contribution in [3.8, 4) is 11.5 Å². The number of rotatable bonds is 2. The lowest BCUT2D eigenvalue weighted by Gasteiger charge is -2.24. The average Bonchev–Trinajstić information content (AvgIpc) is 2.93. The molecule has 1 fully saturated rings.